The van der Waals surface area contributed by atoms with Crippen molar-refractivity contribution in [2.75, 3.05) is 6.54 Å². The molecule has 0 aromatic rings. The number of hydrogen-bond acceptors (Lipinski definition) is 1. The lowest BCUT2D eigenvalue weighted by Gasteiger charge is -2.26. The fourth-order valence-corrected chi connectivity index (χ4v) is 1.71. The van der Waals surface area contributed by atoms with Gasteiger partial charge in [0.15, 0.2) is 0 Å². The van der Waals surface area contributed by atoms with Gasteiger partial charge >= 0.3 is 0 Å². The van der Waals surface area contributed by atoms with Crippen LogP contribution in [0.4, 0.5) is 0 Å². The molecule has 2 nitrogen and oxygen atoms in total. The maximum atomic E-state index is 2.33. The molecule has 0 saturated heterocycles. The Labute approximate surface area is 114 Å². The minimum absolute atomic E-state index is 0. The standard InChI is InChI=1S/C16H30N.H2O/c1-5-9-13-17(14-10-6-2,15-11-7-3)16-12-8-4;/h9-11,13-15H,5-8,12,16H2,1-4H3;1H2/q+1;/p-1. The molecule has 18 heavy (non-hydrogen) atoms. The lowest BCUT2D eigenvalue weighted by Crippen LogP contribution is -2.31. The van der Waals surface area contributed by atoms with Crippen LogP contribution in [0.3, 0.4) is 0 Å². The zero-order chi connectivity index (χ0) is 13.0. The Balaban J connectivity index is 0. The second-order valence-corrected chi connectivity index (χ2v) is 4.45. The molecule has 0 heterocycles. The molecule has 0 fully saturated rings. The highest BCUT2D eigenvalue weighted by Crippen LogP contribution is 2.15. The quantitative estimate of drug-likeness (QED) is 0.519. The van der Waals surface area contributed by atoms with E-state index in [0.29, 0.717) is 0 Å². The van der Waals surface area contributed by atoms with Gasteiger partial charge in [0.2, 0.25) is 0 Å². The van der Waals surface area contributed by atoms with Gasteiger partial charge in [0.05, 0.1) is 6.54 Å². The first kappa shape index (κ1) is 19.5. The average Bonchev–Trinajstić information content (AvgIpc) is 2.37. The van der Waals surface area contributed by atoms with Crippen LogP contribution in [-0.2, 0) is 0 Å². The monoisotopic (exact) mass is 253 g/mol. The fourth-order valence-electron chi connectivity index (χ4n) is 1.71. The van der Waals surface area contributed by atoms with Crippen molar-refractivity contribution >= 4 is 0 Å². The summed E-state index contributed by atoms with van der Waals surface area (Å²) in [6.07, 6.45) is 19.6. The highest BCUT2D eigenvalue weighted by Gasteiger charge is 2.17. The van der Waals surface area contributed by atoms with Crippen LogP contribution in [-0.4, -0.2) is 16.5 Å². The van der Waals surface area contributed by atoms with Crippen LogP contribution in [0.15, 0.2) is 36.8 Å². The lowest BCUT2D eigenvalue weighted by molar-refractivity contribution is -0.774. The second-order valence-electron chi connectivity index (χ2n) is 4.45. The first-order valence-electron chi connectivity index (χ1n) is 7.14. The molecule has 106 valence electrons. The zero-order valence-electron chi connectivity index (χ0n) is 12.6. The van der Waals surface area contributed by atoms with E-state index < -0.39 is 0 Å². The number of allylic oxidation sites excluding steroid dienone is 3. The van der Waals surface area contributed by atoms with E-state index in [2.05, 4.69) is 64.5 Å². The Morgan fingerprint density at radius 1 is 0.722 bits per heavy atom. The van der Waals surface area contributed by atoms with Gasteiger partial charge < -0.3 is 5.48 Å². The predicted molar refractivity (Wildman–Crippen MR) is 80.3 cm³/mol. The molecular weight excluding hydrogens is 222 g/mol. The molecular formula is C16H31NO. The lowest BCUT2D eigenvalue weighted by atomic mass is 10.2. The number of unbranched alkanes of at least 4 members (excludes halogenated alkanes) is 1. The molecule has 0 aromatic carbocycles. The van der Waals surface area contributed by atoms with Gasteiger partial charge in [-0.3, -0.25) is 0 Å². The van der Waals surface area contributed by atoms with Gasteiger partial charge in [0.25, 0.3) is 0 Å². The summed E-state index contributed by atoms with van der Waals surface area (Å²) in [5, 5.41) is 0. The smallest absolute Gasteiger partial charge is 0.101 e. The summed E-state index contributed by atoms with van der Waals surface area (Å²) in [6.45, 7) is 10.00. The molecule has 0 amide bonds. The highest BCUT2D eigenvalue weighted by atomic mass is 16.0. The van der Waals surface area contributed by atoms with Crippen molar-refractivity contribution in [1.29, 1.82) is 0 Å². The number of hydrogen-bond donors (Lipinski definition) is 0. The molecule has 0 saturated carbocycles. The van der Waals surface area contributed by atoms with Crippen molar-refractivity contribution in [3.05, 3.63) is 36.8 Å². The summed E-state index contributed by atoms with van der Waals surface area (Å²) in [5.41, 5.74) is 0. The van der Waals surface area contributed by atoms with Crippen molar-refractivity contribution in [2.45, 2.75) is 59.8 Å². The van der Waals surface area contributed by atoms with Crippen LogP contribution in [0, 0.1) is 0 Å². The fraction of sp³-hybridized carbons (Fsp3) is 0.625. The third-order valence-corrected chi connectivity index (χ3v) is 2.75. The van der Waals surface area contributed by atoms with Gasteiger partial charge in [-0.15, -0.1) is 0 Å². The molecule has 0 aliphatic heterocycles. The van der Waals surface area contributed by atoms with E-state index >= 15 is 0 Å². The summed E-state index contributed by atoms with van der Waals surface area (Å²) in [4.78, 5) is 0. The molecule has 0 aliphatic carbocycles. The Morgan fingerprint density at radius 3 is 1.39 bits per heavy atom. The van der Waals surface area contributed by atoms with E-state index in [1.807, 2.05) is 0 Å². The second kappa shape index (κ2) is 12.6. The third kappa shape index (κ3) is 8.26. The van der Waals surface area contributed by atoms with Gasteiger partial charge in [-0.1, -0.05) is 34.1 Å². The molecule has 0 unspecified atom stereocenters. The summed E-state index contributed by atoms with van der Waals surface area (Å²) in [7, 11) is 0. The Morgan fingerprint density at radius 2 is 1.11 bits per heavy atom. The van der Waals surface area contributed by atoms with E-state index in [-0.39, 0.29) is 5.48 Å². The van der Waals surface area contributed by atoms with Crippen molar-refractivity contribution in [3.63, 3.8) is 0 Å². The molecule has 0 atom stereocenters. The van der Waals surface area contributed by atoms with E-state index in [1.165, 1.54) is 19.4 Å². The Kier molecular flexibility index (Phi) is 13.6. The van der Waals surface area contributed by atoms with Gasteiger partial charge in [0, 0.05) is 0 Å². The van der Waals surface area contributed by atoms with Gasteiger partial charge in [-0.05, 0) is 43.9 Å². The van der Waals surface area contributed by atoms with Crippen molar-refractivity contribution < 1.29 is 9.96 Å². The van der Waals surface area contributed by atoms with Crippen molar-refractivity contribution in [1.82, 2.24) is 0 Å². The topological polar surface area (TPSA) is 30.0 Å². The Hall–Kier alpha value is -0.860. The molecule has 1 N–H and O–H groups in total. The molecule has 0 spiro atoms. The van der Waals surface area contributed by atoms with Gasteiger partial charge in [0.1, 0.15) is 18.6 Å². The average molecular weight is 253 g/mol. The van der Waals surface area contributed by atoms with Crippen molar-refractivity contribution in [2.24, 2.45) is 0 Å². The first-order valence-corrected chi connectivity index (χ1v) is 7.14. The Bertz CT molecular complexity index is 218. The third-order valence-electron chi connectivity index (χ3n) is 2.75. The minimum atomic E-state index is 0. The van der Waals surface area contributed by atoms with Crippen LogP contribution in [0.2, 0.25) is 0 Å². The number of rotatable bonds is 9. The zero-order valence-corrected chi connectivity index (χ0v) is 12.6. The summed E-state index contributed by atoms with van der Waals surface area (Å²) in [6, 6.07) is 0. The summed E-state index contributed by atoms with van der Waals surface area (Å²) < 4.78 is 0.878. The predicted octanol–water partition coefficient (Wildman–Crippen LogP) is 5.20. The maximum absolute atomic E-state index is 2.33. The molecule has 0 radical (unpaired) electrons. The van der Waals surface area contributed by atoms with E-state index in [9.17, 15) is 0 Å². The maximum Gasteiger partial charge on any atom is 0.101 e. The van der Waals surface area contributed by atoms with E-state index in [0.717, 1.165) is 23.7 Å². The van der Waals surface area contributed by atoms with Crippen LogP contribution in [0.1, 0.15) is 59.8 Å². The molecule has 0 aromatic heterocycles. The van der Waals surface area contributed by atoms with E-state index in [1.54, 1.807) is 0 Å². The first-order chi connectivity index (χ1) is 8.24. The SMILES string of the molecule is CCC=C[N+](C=CCC)(C=CCC)CCCC.[OH-]. The van der Waals surface area contributed by atoms with Crippen LogP contribution < -0.4 is 0 Å². The minimum Gasteiger partial charge on any atom is -0.870 e. The summed E-state index contributed by atoms with van der Waals surface area (Å²) >= 11 is 0. The largest absolute Gasteiger partial charge is 0.870 e. The molecule has 0 rings (SSSR count). The summed E-state index contributed by atoms with van der Waals surface area (Å²) in [5.74, 6) is 0. The van der Waals surface area contributed by atoms with Gasteiger partial charge in [-0.2, -0.15) is 0 Å². The normalized spacial score (nSPS) is 15.3. The van der Waals surface area contributed by atoms with Crippen LogP contribution >= 0.6 is 0 Å². The number of nitrogens with zero attached hydrogens (tertiary/aromatic N) is 1. The van der Waals surface area contributed by atoms with Crippen molar-refractivity contribution in [3.8, 4) is 0 Å². The van der Waals surface area contributed by atoms with E-state index in [4.69, 9.17) is 0 Å². The number of quaternary nitrogens is 1. The highest BCUT2D eigenvalue weighted by molar-refractivity contribution is 4.88. The molecule has 0 bridgehead atoms. The molecule has 0 aliphatic rings. The van der Waals surface area contributed by atoms with Crippen LogP contribution in [0.5, 0.6) is 0 Å². The molecule has 2 heteroatoms. The van der Waals surface area contributed by atoms with Crippen LogP contribution in [0.25, 0.3) is 0 Å². The van der Waals surface area contributed by atoms with Gasteiger partial charge in [-0.25, -0.2) is 4.48 Å².